The van der Waals surface area contributed by atoms with Crippen LogP contribution in [0.1, 0.15) is 22.7 Å². The van der Waals surface area contributed by atoms with Crippen LogP contribution in [-0.4, -0.2) is 21.3 Å². The molecule has 112 valence electrons. The molecule has 0 saturated carbocycles. The molecule has 0 aliphatic carbocycles. The topological polar surface area (TPSA) is 30.5 Å². The van der Waals surface area contributed by atoms with Gasteiger partial charge in [-0.25, -0.2) is 4.39 Å². The summed E-state index contributed by atoms with van der Waals surface area (Å²) in [5, 5.41) is 3.15. The fourth-order valence-corrected chi connectivity index (χ4v) is 2.43. The summed E-state index contributed by atoms with van der Waals surface area (Å²) in [5.74, 6) is 1.17. The van der Waals surface area contributed by atoms with Crippen molar-refractivity contribution in [1.82, 2.24) is 5.32 Å². The second-order valence-electron chi connectivity index (χ2n) is 4.81. The van der Waals surface area contributed by atoms with E-state index in [1.165, 1.54) is 0 Å². The van der Waals surface area contributed by atoms with E-state index >= 15 is 0 Å². The van der Waals surface area contributed by atoms with E-state index in [-0.39, 0.29) is 11.9 Å². The van der Waals surface area contributed by atoms with Gasteiger partial charge in [-0.3, -0.25) is 0 Å². The Morgan fingerprint density at radius 3 is 2.43 bits per heavy atom. The van der Waals surface area contributed by atoms with Gasteiger partial charge in [-0.05, 0) is 31.7 Å². The number of benzene rings is 2. The molecule has 0 aromatic heterocycles. The van der Waals surface area contributed by atoms with Gasteiger partial charge in [0.1, 0.15) is 17.3 Å². The highest BCUT2D eigenvalue weighted by atomic mass is 19.1. The SMILES string of the molecule is CNC(c1ccc(OC)cc1OC)c1cccc(C)c1F. The molecule has 2 aromatic carbocycles. The summed E-state index contributed by atoms with van der Waals surface area (Å²) in [4.78, 5) is 0. The molecule has 0 spiro atoms. The van der Waals surface area contributed by atoms with Crippen molar-refractivity contribution in [2.75, 3.05) is 21.3 Å². The van der Waals surface area contributed by atoms with Gasteiger partial charge in [-0.2, -0.15) is 0 Å². The van der Waals surface area contributed by atoms with Crippen LogP contribution in [0.25, 0.3) is 0 Å². The number of nitrogens with one attached hydrogen (secondary N) is 1. The van der Waals surface area contributed by atoms with Crippen molar-refractivity contribution in [3.63, 3.8) is 0 Å². The van der Waals surface area contributed by atoms with Gasteiger partial charge in [0.05, 0.1) is 20.3 Å². The number of aryl methyl sites for hydroxylation is 1. The Morgan fingerprint density at radius 1 is 1.05 bits per heavy atom. The van der Waals surface area contributed by atoms with E-state index in [0.29, 0.717) is 22.6 Å². The van der Waals surface area contributed by atoms with Gasteiger partial charge >= 0.3 is 0 Å². The third kappa shape index (κ3) is 3.00. The van der Waals surface area contributed by atoms with Gasteiger partial charge in [0.25, 0.3) is 0 Å². The Hall–Kier alpha value is -2.07. The lowest BCUT2D eigenvalue weighted by Crippen LogP contribution is -2.20. The first-order chi connectivity index (χ1) is 10.1. The van der Waals surface area contributed by atoms with Crippen LogP contribution >= 0.6 is 0 Å². The van der Waals surface area contributed by atoms with Crippen LogP contribution in [0, 0.1) is 12.7 Å². The molecule has 0 bridgehead atoms. The lowest BCUT2D eigenvalue weighted by molar-refractivity contribution is 0.388. The fraction of sp³-hybridized carbons (Fsp3) is 0.294. The molecule has 4 heteroatoms. The molecule has 0 saturated heterocycles. The smallest absolute Gasteiger partial charge is 0.131 e. The Morgan fingerprint density at radius 2 is 1.81 bits per heavy atom. The van der Waals surface area contributed by atoms with E-state index in [9.17, 15) is 4.39 Å². The molecule has 21 heavy (non-hydrogen) atoms. The van der Waals surface area contributed by atoms with Crippen molar-refractivity contribution in [3.05, 3.63) is 58.9 Å². The molecular weight excluding hydrogens is 269 g/mol. The molecule has 0 aliphatic rings. The second-order valence-corrected chi connectivity index (χ2v) is 4.81. The zero-order valence-electron chi connectivity index (χ0n) is 12.7. The van der Waals surface area contributed by atoms with Crippen LogP contribution in [0.3, 0.4) is 0 Å². The highest BCUT2D eigenvalue weighted by molar-refractivity contribution is 5.46. The molecule has 2 aromatic rings. The lowest BCUT2D eigenvalue weighted by atomic mass is 9.96. The number of hydrogen-bond acceptors (Lipinski definition) is 3. The normalized spacial score (nSPS) is 12.0. The van der Waals surface area contributed by atoms with E-state index < -0.39 is 0 Å². The van der Waals surface area contributed by atoms with E-state index in [2.05, 4.69) is 5.32 Å². The van der Waals surface area contributed by atoms with Crippen molar-refractivity contribution < 1.29 is 13.9 Å². The maximum Gasteiger partial charge on any atom is 0.131 e. The molecule has 1 N–H and O–H groups in total. The minimum atomic E-state index is -0.286. The summed E-state index contributed by atoms with van der Waals surface area (Å²) >= 11 is 0. The molecule has 0 amide bonds. The minimum Gasteiger partial charge on any atom is -0.497 e. The number of rotatable bonds is 5. The van der Waals surface area contributed by atoms with Crippen molar-refractivity contribution in [3.8, 4) is 11.5 Å². The highest BCUT2D eigenvalue weighted by Gasteiger charge is 2.21. The number of hydrogen-bond donors (Lipinski definition) is 1. The van der Waals surface area contributed by atoms with E-state index in [0.717, 1.165) is 5.56 Å². The number of ether oxygens (including phenoxy) is 2. The van der Waals surface area contributed by atoms with Crippen LogP contribution < -0.4 is 14.8 Å². The van der Waals surface area contributed by atoms with E-state index in [1.807, 2.05) is 18.2 Å². The summed E-state index contributed by atoms with van der Waals surface area (Å²) in [6.07, 6.45) is 0. The van der Waals surface area contributed by atoms with Crippen LogP contribution in [0.4, 0.5) is 4.39 Å². The van der Waals surface area contributed by atoms with Crippen molar-refractivity contribution in [1.29, 1.82) is 0 Å². The summed E-state index contributed by atoms with van der Waals surface area (Å²) in [6, 6.07) is 10.6. The summed E-state index contributed by atoms with van der Waals surface area (Å²) in [5.41, 5.74) is 2.09. The van der Waals surface area contributed by atoms with Gasteiger partial charge in [-0.15, -0.1) is 0 Å². The lowest BCUT2D eigenvalue weighted by Gasteiger charge is -2.21. The van der Waals surface area contributed by atoms with E-state index in [4.69, 9.17) is 9.47 Å². The monoisotopic (exact) mass is 289 g/mol. The second kappa shape index (κ2) is 6.59. The third-order valence-corrected chi connectivity index (χ3v) is 3.57. The predicted molar refractivity (Wildman–Crippen MR) is 81.6 cm³/mol. The average Bonchev–Trinajstić information content (AvgIpc) is 2.52. The molecule has 0 aliphatic heterocycles. The van der Waals surface area contributed by atoms with Crippen LogP contribution in [-0.2, 0) is 0 Å². The van der Waals surface area contributed by atoms with Crippen LogP contribution in [0.15, 0.2) is 36.4 Å². The molecule has 0 fully saturated rings. The van der Waals surface area contributed by atoms with Crippen molar-refractivity contribution in [2.45, 2.75) is 13.0 Å². The maximum absolute atomic E-state index is 14.4. The Bertz CT molecular complexity index is 628. The third-order valence-electron chi connectivity index (χ3n) is 3.57. The van der Waals surface area contributed by atoms with Gasteiger partial charge < -0.3 is 14.8 Å². The Kier molecular flexibility index (Phi) is 4.81. The van der Waals surface area contributed by atoms with Gasteiger partial charge in [-0.1, -0.05) is 18.2 Å². The first-order valence-corrected chi connectivity index (χ1v) is 6.76. The van der Waals surface area contributed by atoms with Crippen molar-refractivity contribution in [2.24, 2.45) is 0 Å². The maximum atomic E-state index is 14.4. The van der Waals surface area contributed by atoms with Crippen molar-refractivity contribution >= 4 is 0 Å². The molecule has 0 radical (unpaired) electrons. The molecular formula is C17H20FNO2. The Balaban J connectivity index is 2.53. The Labute approximate surface area is 124 Å². The minimum absolute atomic E-state index is 0.199. The quantitative estimate of drug-likeness (QED) is 0.914. The first kappa shape index (κ1) is 15.3. The largest absolute Gasteiger partial charge is 0.497 e. The van der Waals surface area contributed by atoms with Crippen LogP contribution in [0.2, 0.25) is 0 Å². The zero-order chi connectivity index (χ0) is 15.4. The number of halogens is 1. The van der Waals surface area contributed by atoms with E-state index in [1.54, 1.807) is 46.4 Å². The summed E-state index contributed by atoms with van der Waals surface area (Å²) < 4.78 is 25.0. The predicted octanol–water partition coefficient (Wildman–Crippen LogP) is 3.46. The summed E-state index contributed by atoms with van der Waals surface area (Å²) in [7, 11) is 5.00. The van der Waals surface area contributed by atoms with Gasteiger partial charge in [0, 0.05) is 17.2 Å². The fourth-order valence-electron chi connectivity index (χ4n) is 2.43. The first-order valence-electron chi connectivity index (χ1n) is 6.76. The number of methoxy groups -OCH3 is 2. The van der Waals surface area contributed by atoms with Gasteiger partial charge in [0.2, 0.25) is 0 Å². The summed E-state index contributed by atoms with van der Waals surface area (Å²) in [6.45, 7) is 1.76. The molecule has 1 unspecified atom stereocenters. The van der Waals surface area contributed by atoms with Gasteiger partial charge in [0.15, 0.2) is 0 Å². The zero-order valence-corrected chi connectivity index (χ0v) is 12.7. The van der Waals surface area contributed by atoms with Crippen LogP contribution in [0.5, 0.6) is 11.5 Å². The molecule has 0 heterocycles. The average molecular weight is 289 g/mol. The highest BCUT2D eigenvalue weighted by Crippen LogP contribution is 2.34. The molecule has 2 rings (SSSR count). The molecule has 3 nitrogen and oxygen atoms in total. The standard InChI is InChI=1S/C17H20FNO2/c1-11-6-5-7-14(16(11)18)17(19-2)13-9-8-12(20-3)10-15(13)21-4/h5-10,17,19H,1-4H3. The molecule has 1 atom stereocenters.